The van der Waals surface area contributed by atoms with Gasteiger partial charge in [0, 0.05) is 12.0 Å². The van der Waals surface area contributed by atoms with E-state index < -0.39 is 0 Å². The zero-order valence-corrected chi connectivity index (χ0v) is 7.64. The molecule has 0 aliphatic heterocycles. The third-order valence-corrected chi connectivity index (χ3v) is 3.76. The maximum absolute atomic E-state index is 5.61. The van der Waals surface area contributed by atoms with Gasteiger partial charge in [-0.2, -0.15) is 0 Å². The van der Waals surface area contributed by atoms with Crippen molar-refractivity contribution in [3.63, 3.8) is 0 Å². The highest BCUT2D eigenvalue weighted by Gasteiger charge is 2.12. The van der Waals surface area contributed by atoms with Crippen molar-refractivity contribution < 1.29 is 0 Å². The molecule has 0 spiro atoms. The van der Waals surface area contributed by atoms with E-state index in [2.05, 4.69) is 27.4 Å². The smallest absolute Gasteiger partial charge is 0.0169 e. The molecule has 0 aliphatic carbocycles. The van der Waals surface area contributed by atoms with Crippen LogP contribution in [0.1, 0.15) is 20.8 Å². The van der Waals surface area contributed by atoms with Crippen LogP contribution in [0.4, 0.5) is 0 Å². The Balaban J connectivity index is 3.39. The van der Waals surface area contributed by atoms with Gasteiger partial charge in [0.2, 0.25) is 0 Å². The summed E-state index contributed by atoms with van der Waals surface area (Å²) in [7, 11) is -0.272. The zero-order chi connectivity index (χ0) is 6.78. The van der Waals surface area contributed by atoms with E-state index in [4.69, 9.17) is 5.50 Å². The molecule has 0 heterocycles. The van der Waals surface area contributed by atoms with Crippen LogP contribution in [-0.2, 0) is 0 Å². The van der Waals surface area contributed by atoms with Crippen LogP contribution in [-0.4, -0.2) is 11.4 Å². The quantitative estimate of drug-likeness (QED) is 0.582. The van der Waals surface area contributed by atoms with E-state index in [1.54, 1.807) is 0 Å². The summed E-state index contributed by atoms with van der Waals surface area (Å²) in [5.74, 6) is 0. The van der Waals surface area contributed by atoms with E-state index in [1.165, 1.54) is 0 Å². The highest BCUT2D eigenvalue weighted by Crippen LogP contribution is 2.46. The summed E-state index contributed by atoms with van der Waals surface area (Å²) < 4.78 is 0.342. The Kier molecular flexibility index (Phi) is 3.33. The second-order valence-electron chi connectivity index (χ2n) is 2.75. The monoisotopic (exact) mass is 151 g/mol. The van der Waals surface area contributed by atoms with Crippen LogP contribution in [0, 0.1) is 0 Å². The van der Waals surface area contributed by atoms with Crippen molar-refractivity contribution in [2.24, 2.45) is 5.50 Å². The fraction of sp³-hybridized carbons (Fsp3) is 1.00. The van der Waals surface area contributed by atoms with Gasteiger partial charge in [-0.1, -0.05) is 20.8 Å². The first-order chi connectivity index (χ1) is 3.42. The molecular formula is C5H14NPS. The third kappa shape index (κ3) is 6.74. The van der Waals surface area contributed by atoms with Crippen LogP contribution in [0.2, 0.25) is 0 Å². The van der Waals surface area contributed by atoms with Crippen molar-refractivity contribution in [1.82, 2.24) is 0 Å². The lowest BCUT2D eigenvalue weighted by atomic mass is 10.3. The molecule has 0 bridgehead atoms. The fourth-order valence-electron chi connectivity index (χ4n) is 0.432. The number of hydrogen-bond donors (Lipinski definition) is 1. The fourth-order valence-corrected chi connectivity index (χ4v) is 3.89. The molecule has 50 valence electrons. The Morgan fingerprint density at radius 1 is 1.38 bits per heavy atom. The molecule has 0 fully saturated rings. The van der Waals surface area contributed by atoms with Crippen molar-refractivity contribution in [2.75, 3.05) is 6.66 Å². The Hall–Kier alpha value is 0.740. The first kappa shape index (κ1) is 8.74. The molecule has 1 atom stereocenters. The second-order valence-corrected chi connectivity index (χ2v) is 7.53. The van der Waals surface area contributed by atoms with Crippen LogP contribution in [0.5, 0.6) is 0 Å². The van der Waals surface area contributed by atoms with Gasteiger partial charge in [-0.05, 0) is 6.66 Å². The van der Waals surface area contributed by atoms with Crippen LogP contribution < -0.4 is 5.50 Å². The lowest BCUT2D eigenvalue weighted by molar-refractivity contribution is 0.810. The first-order valence-electron chi connectivity index (χ1n) is 2.59. The lowest BCUT2D eigenvalue weighted by Crippen LogP contribution is -2.06. The van der Waals surface area contributed by atoms with E-state index in [1.807, 2.05) is 11.4 Å². The molecule has 0 aromatic heterocycles. The van der Waals surface area contributed by atoms with Crippen molar-refractivity contribution in [3.8, 4) is 0 Å². The van der Waals surface area contributed by atoms with Gasteiger partial charge < -0.3 is 5.50 Å². The van der Waals surface area contributed by atoms with Gasteiger partial charge in [0.1, 0.15) is 0 Å². The minimum absolute atomic E-state index is 0.272. The Morgan fingerprint density at radius 2 is 1.75 bits per heavy atom. The molecular weight excluding hydrogens is 137 g/mol. The third-order valence-electron chi connectivity index (χ3n) is 0.418. The van der Waals surface area contributed by atoms with Gasteiger partial charge in [0.05, 0.1) is 0 Å². The first-order valence-corrected chi connectivity index (χ1v) is 5.87. The predicted octanol–water partition coefficient (Wildman–Crippen LogP) is 2.42. The standard InChI is InChI=1S/C5H14NPS/c1-5(2,3)8-7(4)6/h6H2,1-4H3. The topological polar surface area (TPSA) is 26.0 Å². The minimum Gasteiger partial charge on any atom is -0.302 e. The molecule has 0 aliphatic rings. The summed E-state index contributed by atoms with van der Waals surface area (Å²) in [6.45, 7) is 8.63. The molecule has 0 saturated carbocycles. The Bertz CT molecular complexity index is 67.3. The normalized spacial score (nSPS) is 16.1. The van der Waals surface area contributed by atoms with E-state index >= 15 is 0 Å². The molecule has 0 saturated heterocycles. The van der Waals surface area contributed by atoms with Crippen LogP contribution in [0.15, 0.2) is 0 Å². The summed E-state index contributed by atoms with van der Waals surface area (Å²) in [4.78, 5) is 0. The average Bonchev–Trinajstić information content (AvgIpc) is 1.21. The molecule has 0 radical (unpaired) electrons. The zero-order valence-electron chi connectivity index (χ0n) is 5.93. The van der Waals surface area contributed by atoms with Gasteiger partial charge in [-0.15, -0.1) is 11.4 Å². The molecule has 0 rings (SSSR count). The molecule has 1 nitrogen and oxygen atoms in total. The summed E-state index contributed by atoms with van der Waals surface area (Å²) in [6, 6.07) is 0. The second kappa shape index (κ2) is 3.05. The number of nitrogens with two attached hydrogens (primary N) is 1. The predicted molar refractivity (Wildman–Crippen MR) is 44.4 cm³/mol. The van der Waals surface area contributed by atoms with Crippen LogP contribution in [0.25, 0.3) is 0 Å². The lowest BCUT2D eigenvalue weighted by Gasteiger charge is -2.19. The van der Waals surface area contributed by atoms with Crippen molar-refractivity contribution >= 4 is 18.7 Å². The SMILES string of the molecule is CP(N)SC(C)(C)C. The van der Waals surface area contributed by atoms with Gasteiger partial charge in [0.25, 0.3) is 0 Å². The van der Waals surface area contributed by atoms with Gasteiger partial charge in [0.15, 0.2) is 0 Å². The maximum atomic E-state index is 5.61. The number of rotatable bonds is 1. The van der Waals surface area contributed by atoms with E-state index in [0.717, 1.165) is 0 Å². The largest absolute Gasteiger partial charge is 0.302 e. The highest BCUT2D eigenvalue weighted by atomic mass is 32.7. The van der Waals surface area contributed by atoms with Gasteiger partial charge in [-0.3, -0.25) is 0 Å². The summed E-state index contributed by atoms with van der Waals surface area (Å²) in [5.41, 5.74) is 5.61. The number of hydrogen-bond acceptors (Lipinski definition) is 2. The minimum atomic E-state index is -0.272. The molecule has 1 unspecified atom stereocenters. The highest BCUT2D eigenvalue weighted by molar-refractivity contribution is 8.55. The van der Waals surface area contributed by atoms with Crippen molar-refractivity contribution in [1.29, 1.82) is 0 Å². The maximum Gasteiger partial charge on any atom is 0.0169 e. The van der Waals surface area contributed by atoms with Crippen LogP contribution >= 0.6 is 18.7 Å². The van der Waals surface area contributed by atoms with E-state index in [0.29, 0.717) is 4.75 Å². The molecule has 0 amide bonds. The van der Waals surface area contributed by atoms with Crippen LogP contribution in [0.3, 0.4) is 0 Å². The Morgan fingerprint density at radius 3 is 1.75 bits per heavy atom. The van der Waals surface area contributed by atoms with Gasteiger partial charge in [-0.25, -0.2) is 0 Å². The molecule has 8 heavy (non-hydrogen) atoms. The van der Waals surface area contributed by atoms with E-state index in [9.17, 15) is 0 Å². The molecule has 0 aromatic carbocycles. The summed E-state index contributed by atoms with van der Waals surface area (Å²) >= 11 is 1.85. The summed E-state index contributed by atoms with van der Waals surface area (Å²) in [5, 5.41) is 0. The van der Waals surface area contributed by atoms with Gasteiger partial charge >= 0.3 is 0 Å². The Labute approximate surface area is 57.0 Å². The van der Waals surface area contributed by atoms with Crippen molar-refractivity contribution in [2.45, 2.75) is 25.5 Å². The molecule has 0 aromatic rings. The molecule has 3 heteroatoms. The summed E-state index contributed by atoms with van der Waals surface area (Å²) in [6.07, 6.45) is 0. The van der Waals surface area contributed by atoms with Crippen molar-refractivity contribution in [3.05, 3.63) is 0 Å². The molecule has 2 N–H and O–H groups in total. The van der Waals surface area contributed by atoms with E-state index in [-0.39, 0.29) is 7.27 Å². The average molecular weight is 151 g/mol.